The van der Waals surface area contributed by atoms with E-state index < -0.39 is 0 Å². The first kappa shape index (κ1) is 17.2. The third-order valence-corrected chi connectivity index (χ3v) is 5.70. The average Bonchev–Trinajstić information content (AvgIpc) is 3.23. The molecule has 0 radical (unpaired) electrons. The van der Waals surface area contributed by atoms with Gasteiger partial charge < -0.3 is 15.2 Å². The number of phenolic OH excluding ortho intramolecular Hbond substituents is 1. The molecule has 7 heteroatoms. The van der Waals surface area contributed by atoms with Gasteiger partial charge in [-0.25, -0.2) is 0 Å². The van der Waals surface area contributed by atoms with E-state index in [0.717, 1.165) is 24.0 Å². The number of nitrogens with one attached hydrogen (secondary N) is 2. The van der Waals surface area contributed by atoms with Crippen molar-refractivity contribution in [3.63, 3.8) is 0 Å². The molecular formula is C21H23N5O2. The predicted octanol–water partition coefficient (Wildman–Crippen LogP) is 3.29. The van der Waals surface area contributed by atoms with Crippen LogP contribution >= 0.6 is 0 Å². The van der Waals surface area contributed by atoms with Crippen molar-refractivity contribution in [2.75, 3.05) is 0 Å². The zero-order valence-electron chi connectivity index (χ0n) is 15.5. The first-order valence-corrected chi connectivity index (χ1v) is 9.83. The van der Waals surface area contributed by atoms with Gasteiger partial charge in [-0.2, -0.15) is 5.10 Å². The molecule has 0 spiro atoms. The van der Waals surface area contributed by atoms with E-state index in [1.807, 2.05) is 24.3 Å². The normalized spacial score (nSPS) is 24.1. The quantitative estimate of drug-likeness (QED) is 0.646. The number of ether oxygens (including phenoxy) is 1. The van der Waals surface area contributed by atoms with E-state index in [4.69, 9.17) is 4.74 Å². The van der Waals surface area contributed by atoms with Gasteiger partial charge in [-0.05, 0) is 49.4 Å². The summed E-state index contributed by atoms with van der Waals surface area (Å²) in [4.78, 5) is 0. The lowest BCUT2D eigenvalue weighted by Crippen LogP contribution is -2.51. The number of nitrogens with zero attached hydrogens (tertiary/aromatic N) is 3. The number of phenols is 1. The number of aromatic hydroxyl groups is 1. The molecule has 1 aromatic carbocycles. The molecule has 2 aliphatic heterocycles. The van der Waals surface area contributed by atoms with E-state index in [1.54, 1.807) is 18.5 Å². The largest absolute Gasteiger partial charge is 0.507 e. The second-order valence-corrected chi connectivity index (χ2v) is 7.68. The third kappa shape index (κ3) is 3.45. The van der Waals surface area contributed by atoms with Gasteiger partial charge in [-0.3, -0.25) is 5.10 Å². The number of piperidine rings is 2. The van der Waals surface area contributed by atoms with Gasteiger partial charge in [-0.15, -0.1) is 10.2 Å². The van der Waals surface area contributed by atoms with Gasteiger partial charge in [0.25, 0.3) is 0 Å². The number of fused-ring (bicyclic) bond motifs is 2. The lowest BCUT2D eigenvalue weighted by Gasteiger charge is -2.39. The van der Waals surface area contributed by atoms with Crippen LogP contribution in [0.2, 0.25) is 0 Å². The second kappa shape index (κ2) is 7.24. The summed E-state index contributed by atoms with van der Waals surface area (Å²) >= 11 is 0. The van der Waals surface area contributed by atoms with Crippen molar-refractivity contribution in [2.45, 2.75) is 50.3 Å². The van der Waals surface area contributed by atoms with Gasteiger partial charge in [-0.1, -0.05) is 12.5 Å². The van der Waals surface area contributed by atoms with E-state index in [1.165, 1.54) is 19.3 Å². The minimum atomic E-state index is 0.160. The summed E-state index contributed by atoms with van der Waals surface area (Å²) in [5.41, 5.74) is 3.07. The number of H-pyrrole nitrogens is 1. The fourth-order valence-corrected chi connectivity index (χ4v) is 4.34. The molecule has 3 N–H and O–H groups in total. The maximum Gasteiger partial charge on any atom is 0.233 e. The van der Waals surface area contributed by atoms with Crippen molar-refractivity contribution in [3.05, 3.63) is 42.7 Å². The maximum absolute atomic E-state index is 10.4. The van der Waals surface area contributed by atoms with Crippen LogP contribution in [-0.4, -0.2) is 43.7 Å². The number of rotatable bonds is 4. The Morgan fingerprint density at radius 1 is 1.00 bits per heavy atom. The molecular weight excluding hydrogens is 354 g/mol. The second-order valence-electron chi connectivity index (χ2n) is 7.68. The molecule has 3 aromatic rings. The molecule has 7 nitrogen and oxygen atoms in total. The standard InChI is InChI=1S/C21H23N5O2/c27-20-8-13(14-11-22-23-12-14)4-5-18(20)19-6-7-21(26-25-19)28-17-9-15-2-1-3-16(10-17)24-15/h4-8,11-12,15-17,24,27H,1-3,9-10H2,(H,22,23)/t15-,16+,17?. The van der Waals surface area contributed by atoms with Crippen LogP contribution < -0.4 is 10.1 Å². The molecule has 0 aliphatic carbocycles. The van der Waals surface area contributed by atoms with Crippen LogP contribution in [0.15, 0.2) is 42.7 Å². The van der Waals surface area contributed by atoms with Crippen LogP contribution in [-0.2, 0) is 0 Å². The Hall–Kier alpha value is -2.93. The van der Waals surface area contributed by atoms with Gasteiger partial charge in [0.15, 0.2) is 0 Å². The van der Waals surface area contributed by atoms with Crippen LogP contribution in [0.5, 0.6) is 11.6 Å². The summed E-state index contributed by atoms with van der Waals surface area (Å²) in [6.07, 6.45) is 9.52. The number of hydrogen-bond donors (Lipinski definition) is 3. The van der Waals surface area contributed by atoms with Gasteiger partial charge in [0.2, 0.25) is 5.88 Å². The lowest BCUT2D eigenvalue weighted by atomic mass is 9.85. The highest BCUT2D eigenvalue weighted by Crippen LogP contribution is 2.33. The monoisotopic (exact) mass is 377 g/mol. The first-order valence-electron chi connectivity index (χ1n) is 9.83. The number of aromatic amines is 1. The molecule has 5 rings (SSSR count). The lowest BCUT2D eigenvalue weighted by molar-refractivity contribution is 0.0881. The van der Waals surface area contributed by atoms with Gasteiger partial charge >= 0.3 is 0 Å². The molecule has 2 bridgehead atoms. The van der Waals surface area contributed by atoms with E-state index in [-0.39, 0.29) is 11.9 Å². The molecule has 2 fully saturated rings. The number of hydrogen-bond acceptors (Lipinski definition) is 6. The summed E-state index contributed by atoms with van der Waals surface area (Å²) in [6, 6.07) is 10.3. The van der Waals surface area contributed by atoms with Crippen molar-refractivity contribution < 1.29 is 9.84 Å². The number of benzene rings is 1. The Kier molecular flexibility index (Phi) is 4.44. The fraction of sp³-hybridized carbons (Fsp3) is 0.381. The van der Waals surface area contributed by atoms with Gasteiger partial charge in [0, 0.05) is 35.5 Å². The van der Waals surface area contributed by atoms with Gasteiger partial charge in [0.05, 0.1) is 11.9 Å². The zero-order valence-corrected chi connectivity index (χ0v) is 15.5. The zero-order chi connectivity index (χ0) is 18.9. The van der Waals surface area contributed by atoms with Crippen LogP contribution in [0.1, 0.15) is 32.1 Å². The summed E-state index contributed by atoms with van der Waals surface area (Å²) in [5, 5.41) is 29.3. The van der Waals surface area contributed by atoms with Crippen molar-refractivity contribution in [2.24, 2.45) is 0 Å². The van der Waals surface area contributed by atoms with Crippen LogP contribution in [0, 0.1) is 0 Å². The highest BCUT2D eigenvalue weighted by atomic mass is 16.5. The summed E-state index contributed by atoms with van der Waals surface area (Å²) in [5.74, 6) is 0.705. The van der Waals surface area contributed by atoms with Crippen molar-refractivity contribution in [3.8, 4) is 34.0 Å². The maximum atomic E-state index is 10.4. The Labute approximate surface area is 163 Å². The van der Waals surface area contributed by atoms with E-state index in [0.29, 0.717) is 29.2 Å². The van der Waals surface area contributed by atoms with Crippen molar-refractivity contribution in [1.29, 1.82) is 0 Å². The fourth-order valence-electron chi connectivity index (χ4n) is 4.34. The SMILES string of the molecule is Oc1cc(-c2cn[nH]c2)ccc1-c1ccc(OC2C[C@H]3CCC[C@@H](C2)N3)nn1. The number of aromatic nitrogens is 4. The molecule has 1 unspecified atom stereocenters. The topological polar surface area (TPSA) is 96.0 Å². The van der Waals surface area contributed by atoms with Crippen LogP contribution in [0.3, 0.4) is 0 Å². The molecule has 2 saturated heterocycles. The molecule has 2 aromatic heterocycles. The third-order valence-electron chi connectivity index (χ3n) is 5.70. The average molecular weight is 377 g/mol. The summed E-state index contributed by atoms with van der Waals surface area (Å²) < 4.78 is 6.09. The highest BCUT2D eigenvalue weighted by Gasteiger charge is 2.32. The molecule has 2 aliphatic rings. The van der Waals surface area contributed by atoms with Gasteiger partial charge in [0.1, 0.15) is 11.9 Å². The molecule has 0 saturated carbocycles. The molecule has 28 heavy (non-hydrogen) atoms. The first-order chi connectivity index (χ1) is 13.7. The Balaban J connectivity index is 1.30. The smallest absolute Gasteiger partial charge is 0.233 e. The Morgan fingerprint density at radius 3 is 2.54 bits per heavy atom. The van der Waals surface area contributed by atoms with E-state index in [2.05, 4.69) is 25.7 Å². The van der Waals surface area contributed by atoms with E-state index in [9.17, 15) is 5.11 Å². The van der Waals surface area contributed by atoms with Crippen molar-refractivity contribution >= 4 is 0 Å². The highest BCUT2D eigenvalue weighted by molar-refractivity contribution is 5.73. The minimum Gasteiger partial charge on any atom is -0.507 e. The molecule has 0 amide bonds. The van der Waals surface area contributed by atoms with Crippen molar-refractivity contribution in [1.82, 2.24) is 25.7 Å². The predicted molar refractivity (Wildman–Crippen MR) is 105 cm³/mol. The van der Waals surface area contributed by atoms with Crippen LogP contribution in [0.25, 0.3) is 22.4 Å². The van der Waals surface area contributed by atoms with Crippen LogP contribution in [0.4, 0.5) is 0 Å². The minimum absolute atomic E-state index is 0.160. The molecule has 144 valence electrons. The molecule has 4 heterocycles. The van der Waals surface area contributed by atoms with E-state index >= 15 is 0 Å². The Bertz CT molecular complexity index is 930. The Morgan fingerprint density at radius 2 is 1.86 bits per heavy atom. The summed E-state index contributed by atoms with van der Waals surface area (Å²) in [7, 11) is 0. The summed E-state index contributed by atoms with van der Waals surface area (Å²) in [6.45, 7) is 0. The molecule has 3 atom stereocenters.